The summed E-state index contributed by atoms with van der Waals surface area (Å²) < 4.78 is 36.9. The topological polar surface area (TPSA) is 177 Å². The van der Waals surface area contributed by atoms with Gasteiger partial charge in [0.05, 0.1) is 32.0 Å². The van der Waals surface area contributed by atoms with Crippen molar-refractivity contribution in [2.45, 2.75) is 165 Å². The summed E-state index contributed by atoms with van der Waals surface area (Å²) in [6.45, 7) is 9.79. The fourth-order valence-corrected chi connectivity index (χ4v) is 12.9. The van der Waals surface area contributed by atoms with Crippen molar-refractivity contribution >= 4 is 0 Å². The number of hydrogen-bond donors (Lipinski definition) is 6. The summed E-state index contributed by atoms with van der Waals surface area (Å²) in [5.41, 5.74) is 0.502. The molecule has 4 saturated carbocycles. The molecule has 4 heterocycles. The van der Waals surface area contributed by atoms with Crippen molar-refractivity contribution in [3.05, 3.63) is 0 Å². The Labute approximate surface area is 296 Å². The fourth-order valence-electron chi connectivity index (χ4n) is 12.9. The zero-order valence-electron chi connectivity index (χ0n) is 30.2. The summed E-state index contributed by atoms with van der Waals surface area (Å²) in [5, 5.41) is 62.4. The minimum atomic E-state index is -1.58. The zero-order valence-corrected chi connectivity index (χ0v) is 30.2. The summed E-state index contributed by atoms with van der Waals surface area (Å²) in [5.74, 6) is 3.74. The third kappa shape index (κ3) is 5.68. The molecule has 4 saturated heterocycles. The molecule has 21 atom stereocenters. The van der Waals surface area contributed by atoms with Crippen LogP contribution in [0.2, 0.25) is 0 Å². The summed E-state index contributed by atoms with van der Waals surface area (Å²) in [6.07, 6.45) is -1.12. The van der Waals surface area contributed by atoms with Crippen LogP contribution in [0.15, 0.2) is 0 Å². The Bertz CT molecular complexity index is 1210. The SMILES string of the molecule is C[C@H]1CC[C@@]2(OC1)O[C@H]1C[C@H]3[C@@H]4CC[C@@H]5C[C@H](O[C@@H]6O[C@H](CO)[C@@H](O[C@@H]7OC[C@@H](O)[C@H](O)[C@H]7O)[C@H](O)[C@H]6O)CC[C@@]5(C)[C@H]4CC[C@@]3(C)[C@H]1[C@@H]2C. The Morgan fingerprint density at radius 1 is 0.740 bits per heavy atom. The van der Waals surface area contributed by atoms with E-state index in [0.29, 0.717) is 47.5 Å². The van der Waals surface area contributed by atoms with E-state index in [0.717, 1.165) is 45.1 Å². The monoisotopic (exact) mass is 710 g/mol. The lowest BCUT2D eigenvalue weighted by molar-refractivity contribution is -0.354. The van der Waals surface area contributed by atoms with Gasteiger partial charge in [0.1, 0.15) is 42.7 Å². The molecule has 4 aliphatic carbocycles. The maximum atomic E-state index is 11.1. The van der Waals surface area contributed by atoms with Crippen molar-refractivity contribution in [3.63, 3.8) is 0 Å². The molecule has 0 bridgehead atoms. The van der Waals surface area contributed by atoms with Crippen LogP contribution >= 0.6 is 0 Å². The van der Waals surface area contributed by atoms with E-state index in [9.17, 15) is 30.6 Å². The molecule has 0 aromatic heterocycles. The highest BCUT2D eigenvalue weighted by atomic mass is 16.7. The molecular formula is C38H62O12. The van der Waals surface area contributed by atoms with Gasteiger partial charge < -0.3 is 59.1 Å². The average Bonchev–Trinajstić information content (AvgIpc) is 3.55. The summed E-state index contributed by atoms with van der Waals surface area (Å²) >= 11 is 0. The normalized spacial score (nSPS) is 59.4. The van der Waals surface area contributed by atoms with Gasteiger partial charge in [-0.2, -0.15) is 0 Å². The van der Waals surface area contributed by atoms with Crippen molar-refractivity contribution in [2.75, 3.05) is 19.8 Å². The second-order valence-electron chi connectivity index (χ2n) is 18.3. The van der Waals surface area contributed by atoms with Gasteiger partial charge in [-0.05, 0) is 104 Å². The maximum Gasteiger partial charge on any atom is 0.186 e. The van der Waals surface area contributed by atoms with E-state index in [1.165, 1.54) is 25.7 Å². The van der Waals surface area contributed by atoms with Gasteiger partial charge in [-0.3, -0.25) is 0 Å². The zero-order chi connectivity index (χ0) is 35.3. The first-order valence-electron chi connectivity index (χ1n) is 19.7. The Kier molecular flexibility index (Phi) is 9.76. The first-order chi connectivity index (χ1) is 23.8. The Hall–Kier alpha value is -0.480. The molecule has 6 N–H and O–H groups in total. The molecule has 4 aliphatic heterocycles. The van der Waals surface area contributed by atoms with Gasteiger partial charge >= 0.3 is 0 Å². The Morgan fingerprint density at radius 2 is 1.50 bits per heavy atom. The lowest BCUT2D eigenvalue weighted by atomic mass is 9.44. The van der Waals surface area contributed by atoms with Crippen molar-refractivity contribution < 1.29 is 59.1 Å². The average molecular weight is 711 g/mol. The highest BCUT2D eigenvalue weighted by Crippen LogP contribution is 2.71. The molecule has 50 heavy (non-hydrogen) atoms. The van der Waals surface area contributed by atoms with E-state index in [1.54, 1.807) is 0 Å². The van der Waals surface area contributed by atoms with Crippen LogP contribution in [-0.4, -0.2) is 124 Å². The molecule has 8 aliphatic rings. The van der Waals surface area contributed by atoms with E-state index >= 15 is 0 Å². The molecule has 1 spiro atoms. The first kappa shape index (κ1) is 36.5. The van der Waals surface area contributed by atoms with E-state index in [-0.39, 0.29) is 29.3 Å². The van der Waals surface area contributed by atoms with Crippen molar-refractivity contribution in [1.29, 1.82) is 0 Å². The van der Waals surface area contributed by atoms with Crippen molar-refractivity contribution in [1.82, 2.24) is 0 Å². The molecule has 0 radical (unpaired) electrons. The quantitative estimate of drug-likeness (QED) is 0.230. The van der Waals surface area contributed by atoms with Crippen LogP contribution < -0.4 is 0 Å². The predicted octanol–water partition coefficient (Wildman–Crippen LogP) is 2.08. The van der Waals surface area contributed by atoms with E-state index in [4.69, 9.17) is 28.4 Å². The van der Waals surface area contributed by atoms with Gasteiger partial charge in [0.25, 0.3) is 0 Å². The molecule has 0 aromatic rings. The lowest BCUT2D eigenvalue weighted by Gasteiger charge is -2.61. The second-order valence-corrected chi connectivity index (χ2v) is 18.3. The number of fused-ring (bicyclic) bond motifs is 7. The number of rotatable bonds is 5. The Balaban J connectivity index is 0.894. The van der Waals surface area contributed by atoms with Crippen molar-refractivity contribution in [2.24, 2.45) is 52.3 Å². The number of aliphatic hydroxyl groups excluding tert-OH is 6. The standard InChI is InChI=1S/C38H62O12/c1-18-7-12-38(46-16-18)19(2)28-26(50-38)14-24-22-6-5-20-13-21(8-10-36(20,3)23(22)9-11-37(24,28)4)47-35-32(44)30(42)33(27(15-39)48-35)49-34-31(43)29(41)25(40)17-45-34/h18-35,39-44H,5-17H2,1-4H3/t18-,19-,20+,21+,22+,23-,24-,25+,26-,27+,28-,29-,30+,31+,32+,33+,34-,35+,36+,37+,38+/m0/s1. The predicted molar refractivity (Wildman–Crippen MR) is 177 cm³/mol. The van der Waals surface area contributed by atoms with Crippen LogP contribution in [0.4, 0.5) is 0 Å². The Morgan fingerprint density at radius 3 is 2.24 bits per heavy atom. The maximum absolute atomic E-state index is 11.1. The van der Waals surface area contributed by atoms with E-state index < -0.39 is 61.9 Å². The van der Waals surface area contributed by atoms with Crippen LogP contribution in [0.25, 0.3) is 0 Å². The molecule has 0 aromatic carbocycles. The summed E-state index contributed by atoms with van der Waals surface area (Å²) in [7, 11) is 0. The molecule has 286 valence electrons. The third-order valence-electron chi connectivity index (χ3n) is 15.8. The van der Waals surface area contributed by atoms with Gasteiger partial charge in [-0.1, -0.05) is 27.7 Å². The van der Waals surface area contributed by atoms with Crippen LogP contribution in [-0.2, 0) is 28.4 Å². The fraction of sp³-hybridized carbons (Fsp3) is 1.00. The minimum Gasteiger partial charge on any atom is -0.394 e. The minimum absolute atomic E-state index is 0.156. The highest BCUT2D eigenvalue weighted by molar-refractivity contribution is 5.15. The third-order valence-corrected chi connectivity index (χ3v) is 15.8. The van der Waals surface area contributed by atoms with Crippen molar-refractivity contribution in [3.8, 4) is 0 Å². The molecule has 12 nitrogen and oxygen atoms in total. The molecule has 0 amide bonds. The van der Waals surface area contributed by atoms with Crippen LogP contribution in [0, 0.1) is 52.3 Å². The smallest absolute Gasteiger partial charge is 0.186 e. The highest BCUT2D eigenvalue weighted by Gasteiger charge is 2.69. The lowest BCUT2D eigenvalue weighted by Crippen LogP contribution is -2.63. The van der Waals surface area contributed by atoms with Gasteiger partial charge in [0.2, 0.25) is 0 Å². The van der Waals surface area contributed by atoms with Gasteiger partial charge in [0.15, 0.2) is 18.4 Å². The molecule has 12 heteroatoms. The van der Waals surface area contributed by atoms with Crippen LogP contribution in [0.3, 0.4) is 0 Å². The second kappa shape index (κ2) is 13.4. The molecule has 8 fully saturated rings. The van der Waals surface area contributed by atoms with Gasteiger partial charge in [-0.15, -0.1) is 0 Å². The number of aliphatic hydroxyl groups is 6. The van der Waals surface area contributed by atoms with Crippen LogP contribution in [0.5, 0.6) is 0 Å². The molecular weight excluding hydrogens is 648 g/mol. The van der Waals surface area contributed by atoms with Crippen LogP contribution in [0.1, 0.15) is 91.9 Å². The molecule has 0 unspecified atom stereocenters. The number of hydrogen-bond acceptors (Lipinski definition) is 12. The van der Waals surface area contributed by atoms with Gasteiger partial charge in [0, 0.05) is 12.3 Å². The molecule has 8 rings (SSSR count). The van der Waals surface area contributed by atoms with E-state index in [1.807, 2.05) is 0 Å². The first-order valence-corrected chi connectivity index (χ1v) is 19.7. The van der Waals surface area contributed by atoms with Gasteiger partial charge in [-0.25, -0.2) is 0 Å². The largest absolute Gasteiger partial charge is 0.394 e. The van der Waals surface area contributed by atoms with E-state index in [2.05, 4.69) is 27.7 Å². The number of ether oxygens (including phenoxy) is 6. The summed E-state index contributed by atoms with van der Waals surface area (Å²) in [6, 6.07) is 0. The summed E-state index contributed by atoms with van der Waals surface area (Å²) in [4.78, 5) is 0.